The molecule has 1 aliphatic carbocycles. The summed E-state index contributed by atoms with van der Waals surface area (Å²) >= 11 is 0. The summed E-state index contributed by atoms with van der Waals surface area (Å²) in [4.78, 5) is 16.3. The van der Waals surface area contributed by atoms with Crippen LogP contribution in [-0.4, -0.2) is 67.1 Å². The maximum absolute atomic E-state index is 11.4. The summed E-state index contributed by atoms with van der Waals surface area (Å²) in [6, 6.07) is 0.662. The van der Waals surface area contributed by atoms with E-state index in [2.05, 4.69) is 22.0 Å². The maximum atomic E-state index is 11.4. The Balaban J connectivity index is 1.72. The Morgan fingerprint density at radius 3 is 2.50 bits per heavy atom. The van der Waals surface area contributed by atoms with Crippen LogP contribution < -0.4 is 11.1 Å². The molecular formula is C13H26N4O. The van der Waals surface area contributed by atoms with Crippen molar-refractivity contribution >= 4 is 5.91 Å². The van der Waals surface area contributed by atoms with Gasteiger partial charge in [-0.15, -0.1) is 0 Å². The predicted octanol–water partition coefficient (Wildman–Crippen LogP) is -0.380. The number of nitrogens with one attached hydrogen (secondary N) is 1. The minimum absolute atomic E-state index is 0.197. The van der Waals surface area contributed by atoms with Gasteiger partial charge in [-0.3, -0.25) is 14.6 Å². The number of rotatable bonds is 7. The van der Waals surface area contributed by atoms with Gasteiger partial charge in [0.1, 0.15) is 0 Å². The fourth-order valence-electron chi connectivity index (χ4n) is 2.58. The molecule has 0 spiro atoms. The van der Waals surface area contributed by atoms with Crippen LogP contribution in [-0.2, 0) is 4.79 Å². The fourth-order valence-corrected chi connectivity index (χ4v) is 2.58. The van der Waals surface area contributed by atoms with Crippen LogP contribution in [0.3, 0.4) is 0 Å². The average Bonchev–Trinajstić information content (AvgIpc) is 3.19. The topological polar surface area (TPSA) is 61.6 Å². The number of primary amides is 1. The molecule has 1 aliphatic heterocycles. The number of hydrogen-bond acceptors (Lipinski definition) is 4. The van der Waals surface area contributed by atoms with Gasteiger partial charge in [0.15, 0.2) is 0 Å². The van der Waals surface area contributed by atoms with Crippen molar-refractivity contribution in [1.29, 1.82) is 0 Å². The maximum Gasteiger partial charge on any atom is 0.235 e. The lowest BCUT2D eigenvalue weighted by atomic mass is 10.2. The molecule has 18 heavy (non-hydrogen) atoms. The van der Waals surface area contributed by atoms with Crippen LogP contribution in [0.5, 0.6) is 0 Å². The lowest BCUT2D eigenvalue weighted by Gasteiger charge is -2.36. The van der Waals surface area contributed by atoms with E-state index in [4.69, 9.17) is 5.73 Å². The van der Waals surface area contributed by atoms with Gasteiger partial charge in [-0.2, -0.15) is 0 Å². The number of piperazine rings is 1. The second kappa shape index (κ2) is 6.50. The van der Waals surface area contributed by atoms with Crippen molar-refractivity contribution in [3.8, 4) is 0 Å². The average molecular weight is 254 g/mol. The zero-order valence-corrected chi connectivity index (χ0v) is 11.4. The molecule has 0 aromatic rings. The second-order valence-electron chi connectivity index (χ2n) is 5.48. The zero-order chi connectivity index (χ0) is 13.0. The first-order chi connectivity index (χ1) is 8.70. The summed E-state index contributed by atoms with van der Waals surface area (Å²) in [7, 11) is 0. The van der Waals surface area contributed by atoms with E-state index < -0.39 is 0 Å². The highest BCUT2D eigenvalue weighted by Crippen LogP contribution is 2.27. The minimum Gasteiger partial charge on any atom is -0.368 e. The molecule has 2 rings (SSSR count). The third-order valence-corrected chi connectivity index (χ3v) is 3.90. The molecule has 1 heterocycles. The van der Waals surface area contributed by atoms with Crippen molar-refractivity contribution in [3.63, 3.8) is 0 Å². The first kappa shape index (κ1) is 13.8. The Morgan fingerprint density at radius 1 is 1.33 bits per heavy atom. The summed E-state index contributed by atoms with van der Waals surface area (Å²) < 4.78 is 0. The molecule has 5 heteroatoms. The lowest BCUT2D eigenvalue weighted by molar-refractivity contribution is -0.120. The van der Waals surface area contributed by atoms with Gasteiger partial charge in [-0.1, -0.05) is 6.92 Å². The summed E-state index contributed by atoms with van der Waals surface area (Å²) in [6.45, 7) is 8.12. The number of amides is 1. The molecule has 2 fully saturated rings. The first-order valence-corrected chi connectivity index (χ1v) is 7.19. The van der Waals surface area contributed by atoms with Gasteiger partial charge < -0.3 is 11.1 Å². The van der Waals surface area contributed by atoms with Crippen molar-refractivity contribution in [3.05, 3.63) is 0 Å². The number of nitrogens with two attached hydrogens (primary N) is 1. The van der Waals surface area contributed by atoms with Gasteiger partial charge in [-0.25, -0.2) is 0 Å². The number of carbonyl (C=O) groups excluding carboxylic acids is 1. The van der Waals surface area contributed by atoms with Crippen LogP contribution in [0.2, 0.25) is 0 Å². The van der Waals surface area contributed by atoms with E-state index >= 15 is 0 Å². The molecule has 2 aliphatic rings. The smallest absolute Gasteiger partial charge is 0.235 e. The molecular weight excluding hydrogens is 228 g/mol. The molecule has 1 amide bonds. The van der Waals surface area contributed by atoms with Gasteiger partial charge in [0.05, 0.1) is 6.04 Å². The van der Waals surface area contributed by atoms with Crippen molar-refractivity contribution in [1.82, 2.24) is 15.1 Å². The summed E-state index contributed by atoms with van der Waals surface area (Å²) in [5.41, 5.74) is 5.44. The highest BCUT2D eigenvalue weighted by atomic mass is 16.1. The predicted molar refractivity (Wildman–Crippen MR) is 72.3 cm³/mol. The van der Waals surface area contributed by atoms with Crippen molar-refractivity contribution in [2.45, 2.75) is 38.3 Å². The monoisotopic (exact) mass is 254 g/mol. The van der Waals surface area contributed by atoms with E-state index in [1.54, 1.807) is 0 Å². The molecule has 0 aromatic carbocycles. The zero-order valence-electron chi connectivity index (χ0n) is 11.4. The van der Waals surface area contributed by atoms with Crippen LogP contribution in [0.4, 0.5) is 0 Å². The Hall–Kier alpha value is -0.650. The standard InChI is InChI=1S/C13H26N4O/c1-2-5-15-12(13(14)18)10-16-6-8-17(9-7-16)11-3-4-11/h11-12,15H,2-10H2,1H3,(H2,14,18). The van der Waals surface area contributed by atoms with Gasteiger partial charge >= 0.3 is 0 Å². The number of carbonyl (C=O) groups is 1. The largest absolute Gasteiger partial charge is 0.368 e. The van der Waals surface area contributed by atoms with E-state index in [-0.39, 0.29) is 11.9 Å². The van der Waals surface area contributed by atoms with E-state index in [9.17, 15) is 4.79 Å². The van der Waals surface area contributed by atoms with E-state index in [0.717, 1.165) is 51.7 Å². The molecule has 1 saturated heterocycles. The van der Waals surface area contributed by atoms with E-state index in [1.165, 1.54) is 12.8 Å². The summed E-state index contributed by atoms with van der Waals surface area (Å²) in [5.74, 6) is -0.229. The Labute approximate surface area is 110 Å². The Bertz CT molecular complexity index is 272. The van der Waals surface area contributed by atoms with Gasteiger partial charge in [0.25, 0.3) is 0 Å². The van der Waals surface area contributed by atoms with Gasteiger partial charge in [-0.05, 0) is 25.8 Å². The fraction of sp³-hybridized carbons (Fsp3) is 0.923. The third-order valence-electron chi connectivity index (χ3n) is 3.90. The Morgan fingerprint density at radius 2 is 2.00 bits per heavy atom. The van der Waals surface area contributed by atoms with Crippen LogP contribution in [0.15, 0.2) is 0 Å². The summed E-state index contributed by atoms with van der Waals surface area (Å²) in [5, 5.41) is 3.23. The van der Waals surface area contributed by atoms with Crippen LogP contribution in [0.1, 0.15) is 26.2 Å². The number of hydrogen-bond donors (Lipinski definition) is 2. The third kappa shape index (κ3) is 3.93. The molecule has 0 radical (unpaired) electrons. The molecule has 1 saturated carbocycles. The highest BCUT2D eigenvalue weighted by molar-refractivity contribution is 5.80. The molecule has 0 bridgehead atoms. The van der Waals surface area contributed by atoms with Crippen molar-refractivity contribution in [2.24, 2.45) is 5.73 Å². The molecule has 3 N–H and O–H groups in total. The van der Waals surface area contributed by atoms with Crippen LogP contribution in [0.25, 0.3) is 0 Å². The SMILES string of the molecule is CCCNC(CN1CCN(C2CC2)CC1)C(N)=O. The molecule has 0 aromatic heterocycles. The van der Waals surface area contributed by atoms with Crippen LogP contribution in [0, 0.1) is 0 Å². The second-order valence-corrected chi connectivity index (χ2v) is 5.48. The molecule has 104 valence electrons. The number of nitrogens with zero attached hydrogens (tertiary/aromatic N) is 2. The van der Waals surface area contributed by atoms with Crippen molar-refractivity contribution < 1.29 is 4.79 Å². The van der Waals surface area contributed by atoms with Gasteiger partial charge in [0, 0.05) is 38.8 Å². The minimum atomic E-state index is -0.229. The van der Waals surface area contributed by atoms with E-state index in [0.29, 0.717) is 0 Å². The Kier molecular flexibility index (Phi) is 4.97. The quantitative estimate of drug-likeness (QED) is 0.650. The lowest BCUT2D eigenvalue weighted by Crippen LogP contribution is -2.54. The first-order valence-electron chi connectivity index (χ1n) is 7.19. The van der Waals surface area contributed by atoms with E-state index in [1.807, 2.05) is 0 Å². The normalized spacial score (nSPS) is 24.1. The van der Waals surface area contributed by atoms with Crippen LogP contribution >= 0.6 is 0 Å². The van der Waals surface area contributed by atoms with Gasteiger partial charge in [0.2, 0.25) is 5.91 Å². The molecule has 1 unspecified atom stereocenters. The molecule has 1 atom stereocenters. The molecule has 5 nitrogen and oxygen atoms in total. The summed E-state index contributed by atoms with van der Waals surface area (Å²) in [6.07, 6.45) is 3.78. The van der Waals surface area contributed by atoms with Crippen molar-refractivity contribution in [2.75, 3.05) is 39.3 Å². The highest BCUT2D eigenvalue weighted by Gasteiger charge is 2.31.